The topological polar surface area (TPSA) is 140 Å². The SMILES string of the molecule is COc1ccc(Cl)c(NC(=O)c2cc3ccccc3c(N=Nc3cc(C)c(Cl)cc3S(=O)(=O)O)c2[O-])c1.[Na+]. The number of fused-ring (bicyclic) bond motifs is 1. The molecule has 4 aromatic carbocycles. The predicted molar refractivity (Wildman–Crippen MR) is 140 cm³/mol. The molecular formula is C25H18Cl2N3NaO6S. The van der Waals surface area contributed by atoms with Gasteiger partial charge in [-0.3, -0.25) is 9.35 Å². The normalized spacial score (nSPS) is 11.4. The van der Waals surface area contributed by atoms with E-state index in [0.29, 0.717) is 22.1 Å². The van der Waals surface area contributed by atoms with E-state index in [9.17, 15) is 22.9 Å². The third kappa shape index (κ3) is 6.29. The molecule has 0 fully saturated rings. The van der Waals surface area contributed by atoms with Crippen LogP contribution in [-0.4, -0.2) is 26.0 Å². The third-order valence-electron chi connectivity index (χ3n) is 5.42. The van der Waals surface area contributed by atoms with Gasteiger partial charge in [0.1, 0.15) is 16.3 Å². The Kier molecular flexibility index (Phi) is 9.43. The molecule has 0 saturated carbocycles. The van der Waals surface area contributed by atoms with Crippen LogP contribution in [0.2, 0.25) is 10.0 Å². The average molecular weight is 582 g/mol. The number of anilines is 1. The van der Waals surface area contributed by atoms with Crippen molar-refractivity contribution in [3.05, 3.63) is 81.8 Å². The van der Waals surface area contributed by atoms with Gasteiger partial charge in [0.15, 0.2) is 0 Å². The van der Waals surface area contributed by atoms with E-state index < -0.39 is 26.7 Å². The number of carbonyl (C=O) groups is 1. The van der Waals surface area contributed by atoms with Crippen LogP contribution in [-0.2, 0) is 10.1 Å². The molecule has 0 spiro atoms. The largest absolute Gasteiger partial charge is 1.00 e. The van der Waals surface area contributed by atoms with Gasteiger partial charge in [0.25, 0.3) is 16.0 Å². The van der Waals surface area contributed by atoms with Crippen LogP contribution in [0.25, 0.3) is 10.8 Å². The zero-order valence-corrected chi connectivity index (χ0v) is 24.6. The zero-order valence-electron chi connectivity index (χ0n) is 20.3. The quantitative estimate of drug-likeness (QED) is 0.203. The molecular weight excluding hydrogens is 564 g/mol. The van der Waals surface area contributed by atoms with Crippen LogP contribution < -0.4 is 44.7 Å². The monoisotopic (exact) mass is 581 g/mol. The van der Waals surface area contributed by atoms with E-state index in [1.807, 2.05) is 0 Å². The number of nitrogens with one attached hydrogen (secondary N) is 1. The summed E-state index contributed by atoms with van der Waals surface area (Å²) in [5.74, 6) is -1.05. The molecule has 1 amide bonds. The summed E-state index contributed by atoms with van der Waals surface area (Å²) in [6.07, 6.45) is 0. The summed E-state index contributed by atoms with van der Waals surface area (Å²) in [7, 11) is -3.24. The maximum atomic E-state index is 13.4. The molecule has 4 rings (SSSR count). The number of rotatable bonds is 6. The van der Waals surface area contributed by atoms with Crippen molar-refractivity contribution < 1.29 is 57.2 Å². The molecule has 0 aliphatic heterocycles. The summed E-state index contributed by atoms with van der Waals surface area (Å²) in [5.41, 5.74) is 0.0308. The number of aryl methyl sites for hydroxylation is 1. The number of benzene rings is 4. The first-order valence-corrected chi connectivity index (χ1v) is 12.8. The number of azo groups is 1. The number of methoxy groups -OCH3 is 1. The van der Waals surface area contributed by atoms with Gasteiger partial charge in [-0.05, 0) is 48.2 Å². The van der Waals surface area contributed by atoms with Gasteiger partial charge in [0, 0.05) is 22.0 Å². The van der Waals surface area contributed by atoms with Gasteiger partial charge in [-0.2, -0.15) is 13.5 Å². The molecule has 2 N–H and O–H groups in total. The smallest absolute Gasteiger partial charge is 0.870 e. The Bertz CT molecular complexity index is 1700. The fraction of sp³-hybridized carbons (Fsp3) is 0.0800. The van der Waals surface area contributed by atoms with Crippen LogP contribution in [0.5, 0.6) is 11.5 Å². The van der Waals surface area contributed by atoms with Crippen molar-refractivity contribution in [2.24, 2.45) is 10.2 Å². The summed E-state index contributed by atoms with van der Waals surface area (Å²) >= 11 is 12.2. The molecule has 0 atom stereocenters. The number of halogens is 2. The second kappa shape index (κ2) is 12.0. The minimum Gasteiger partial charge on any atom is -0.870 e. The Morgan fingerprint density at radius 1 is 1.03 bits per heavy atom. The first kappa shape index (κ1) is 29.9. The fourth-order valence-electron chi connectivity index (χ4n) is 3.53. The van der Waals surface area contributed by atoms with Crippen LogP contribution >= 0.6 is 23.2 Å². The molecule has 0 heterocycles. The van der Waals surface area contributed by atoms with Crippen molar-refractivity contribution in [1.29, 1.82) is 0 Å². The maximum Gasteiger partial charge on any atom is 1.00 e. The number of ether oxygens (including phenoxy) is 1. The number of amides is 1. The van der Waals surface area contributed by atoms with E-state index in [1.165, 1.54) is 31.4 Å². The fourth-order valence-corrected chi connectivity index (χ4v) is 4.55. The van der Waals surface area contributed by atoms with E-state index in [0.717, 1.165) is 6.07 Å². The van der Waals surface area contributed by atoms with Crippen molar-refractivity contribution >= 4 is 67.1 Å². The minimum absolute atomic E-state index is 0. The standard InChI is InChI=1S/C25H19Cl2N3O6S.Na/c1-13-9-21(22(12-19(13)27)37(33,34)35)29-30-23-16-6-4-3-5-14(16)10-17(24(23)31)25(32)28-20-11-15(36-2)7-8-18(20)26;/h3-12,31H,1-2H3,(H,28,32)(H,33,34,35);/q;+1/p-1. The van der Waals surface area contributed by atoms with E-state index in [-0.39, 0.29) is 62.2 Å². The number of hydrogen-bond acceptors (Lipinski definition) is 7. The minimum atomic E-state index is -4.70. The average Bonchev–Trinajstić information content (AvgIpc) is 2.85. The summed E-state index contributed by atoms with van der Waals surface area (Å²) in [5, 5.41) is 25.2. The number of hydrogen-bond donors (Lipinski definition) is 2. The van der Waals surface area contributed by atoms with Crippen LogP contribution in [0.4, 0.5) is 17.1 Å². The van der Waals surface area contributed by atoms with E-state index in [4.69, 9.17) is 27.9 Å². The van der Waals surface area contributed by atoms with Gasteiger partial charge >= 0.3 is 29.6 Å². The molecule has 0 aliphatic carbocycles. The zero-order chi connectivity index (χ0) is 26.9. The van der Waals surface area contributed by atoms with Crippen LogP contribution in [0.15, 0.2) is 75.8 Å². The van der Waals surface area contributed by atoms with Crippen molar-refractivity contribution in [2.45, 2.75) is 11.8 Å². The van der Waals surface area contributed by atoms with Crippen molar-refractivity contribution in [1.82, 2.24) is 0 Å². The van der Waals surface area contributed by atoms with Gasteiger partial charge in [0.05, 0.1) is 23.5 Å². The number of carbonyl (C=O) groups excluding carboxylic acids is 1. The third-order valence-corrected chi connectivity index (χ3v) is 7.04. The molecule has 0 unspecified atom stereocenters. The molecule has 190 valence electrons. The van der Waals surface area contributed by atoms with Crippen LogP contribution in [0.3, 0.4) is 0 Å². The molecule has 0 bridgehead atoms. The molecule has 0 aliphatic rings. The van der Waals surface area contributed by atoms with Gasteiger partial charge in [-0.15, -0.1) is 5.11 Å². The first-order chi connectivity index (χ1) is 17.5. The molecule has 0 aromatic heterocycles. The second-order valence-corrected chi connectivity index (χ2v) is 10.1. The Morgan fingerprint density at radius 3 is 2.42 bits per heavy atom. The molecule has 4 aromatic rings. The van der Waals surface area contributed by atoms with E-state index in [2.05, 4.69) is 15.5 Å². The summed E-state index contributed by atoms with van der Waals surface area (Å²) in [6, 6.07) is 15.1. The Balaban J connectivity index is 0.00000400. The summed E-state index contributed by atoms with van der Waals surface area (Å²) in [6.45, 7) is 1.61. The molecule has 38 heavy (non-hydrogen) atoms. The van der Waals surface area contributed by atoms with Crippen molar-refractivity contribution in [3.8, 4) is 11.5 Å². The van der Waals surface area contributed by atoms with E-state index in [1.54, 1.807) is 37.3 Å². The van der Waals surface area contributed by atoms with Crippen molar-refractivity contribution in [3.63, 3.8) is 0 Å². The van der Waals surface area contributed by atoms with Crippen molar-refractivity contribution in [2.75, 3.05) is 12.4 Å². The Labute approximate surface area is 250 Å². The van der Waals surface area contributed by atoms with Gasteiger partial charge in [-0.1, -0.05) is 53.2 Å². The number of nitrogens with zero attached hydrogens (tertiary/aromatic N) is 2. The van der Waals surface area contributed by atoms with Gasteiger partial charge in [0.2, 0.25) is 0 Å². The Morgan fingerprint density at radius 2 is 1.74 bits per heavy atom. The molecule has 13 heteroatoms. The second-order valence-electron chi connectivity index (χ2n) is 7.87. The van der Waals surface area contributed by atoms with Gasteiger partial charge < -0.3 is 15.2 Å². The first-order valence-electron chi connectivity index (χ1n) is 10.6. The predicted octanol–water partition coefficient (Wildman–Crippen LogP) is 3.46. The summed E-state index contributed by atoms with van der Waals surface area (Å²) in [4.78, 5) is 12.5. The van der Waals surface area contributed by atoms with Gasteiger partial charge in [-0.25, -0.2) is 0 Å². The molecule has 0 saturated heterocycles. The van der Waals surface area contributed by atoms with Crippen LogP contribution in [0, 0.1) is 6.92 Å². The maximum absolute atomic E-state index is 13.4. The van der Waals surface area contributed by atoms with E-state index >= 15 is 0 Å². The Hall–Kier alpha value is -2.70. The van der Waals surface area contributed by atoms with Crippen LogP contribution in [0.1, 0.15) is 15.9 Å². The molecule has 9 nitrogen and oxygen atoms in total. The molecule has 0 radical (unpaired) electrons. The summed E-state index contributed by atoms with van der Waals surface area (Å²) < 4.78 is 38.5.